The molecule has 1 aliphatic heterocycles. The second-order valence-electron chi connectivity index (χ2n) is 8.19. The summed E-state index contributed by atoms with van der Waals surface area (Å²) < 4.78 is 29.4. The zero-order valence-corrected chi connectivity index (χ0v) is 17.2. The normalized spacial score (nSPS) is 14.4. The van der Waals surface area contributed by atoms with Crippen LogP contribution in [0.5, 0.6) is 0 Å². The molecule has 2 aromatic heterocycles. The monoisotopic (exact) mass is 394 g/mol. The fourth-order valence-electron chi connectivity index (χ4n) is 4.74. The quantitative estimate of drug-likeness (QED) is 0.372. The summed E-state index contributed by atoms with van der Waals surface area (Å²) in [4.78, 5) is 9.51. The molecule has 4 nitrogen and oxygen atoms in total. The van der Waals surface area contributed by atoms with Gasteiger partial charge in [-0.25, -0.2) is 9.55 Å². The van der Waals surface area contributed by atoms with E-state index in [1.165, 1.54) is 5.56 Å². The lowest BCUT2D eigenvalue weighted by Gasteiger charge is -2.14. The molecule has 0 unspecified atom stereocenters. The number of hydrogen-bond acceptors (Lipinski definition) is 2. The molecule has 4 heteroatoms. The third-order valence-electron chi connectivity index (χ3n) is 6.24. The summed E-state index contributed by atoms with van der Waals surface area (Å²) in [5.74, 6) is 0.882. The molecule has 146 valence electrons. The zero-order valence-electron chi connectivity index (χ0n) is 20.2. The van der Waals surface area contributed by atoms with Crippen molar-refractivity contribution in [3.63, 3.8) is 0 Å². The number of rotatable bonds is 1. The molecule has 6 rings (SSSR count). The average molecular weight is 395 g/mol. The standard InChI is InChI=1S/C26H23N4/c1-15-9-10-19-21(11-15)27-14-29(4)26(19)20-13-22-25(17(3)16(20)2)30-23-8-6-5-7-18(23)12-24(30)28-22/h5-11,13-14H,12H2,1-4H3/q+1/i3D3. The van der Waals surface area contributed by atoms with Crippen LogP contribution in [0.4, 0.5) is 0 Å². The van der Waals surface area contributed by atoms with Gasteiger partial charge in [-0.2, -0.15) is 0 Å². The van der Waals surface area contributed by atoms with Crippen LogP contribution in [0.25, 0.3) is 38.9 Å². The number of aryl methyl sites for hydroxylation is 3. The first-order chi connectivity index (χ1) is 15.7. The van der Waals surface area contributed by atoms with E-state index in [1.54, 1.807) is 6.33 Å². The van der Waals surface area contributed by atoms with Gasteiger partial charge in [-0.15, -0.1) is 0 Å². The van der Waals surface area contributed by atoms with E-state index >= 15 is 0 Å². The van der Waals surface area contributed by atoms with Crippen molar-refractivity contribution in [3.05, 3.63) is 82.9 Å². The molecule has 0 N–H and O–H groups in total. The molecule has 0 fully saturated rings. The fourth-order valence-corrected chi connectivity index (χ4v) is 4.74. The van der Waals surface area contributed by atoms with Crippen LogP contribution in [0, 0.1) is 20.7 Å². The van der Waals surface area contributed by atoms with E-state index in [0.717, 1.165) is 44.8 Å². The minimum absolute atomic E-state index is 0.363. The molecule has 0 bridgehead atoms. The number of imidazole rings is 1. The summed E-state index contributed by atoms with van der Waals surface area (Å²) in [5.41, 5.74) is 8.53. The van der Waals surface area contributed by atoms with Crippen LogP contribution in [0.2, 0.25) is 0 Å². The summed E-state index contributed by atoms with van der Waals surface area (Å²) in [6.07, 6.45) is 2.49. The van der Waals surface area contributed by atoms with Crippen LogP contribution in [0.15, 0.2) is 54.9 Å². The van der Waals surface area contributed by atoms with E-state index < -0.39 is 6.85 Å². The number of nitrogens with zero attached hydrogens (tertiary/aromatic N) is 4. The van der Waals surface area contributed by atoms with Gasteiger partial charge in [0.15, 0.2) is 5.52 Å². The molecule has 3 heterocycles. The van der Waals surface area contributed by atoms with Gasteiger partial charge in [0.25, 0.3) is 6.33 Å². The Bertz CT molecular complexity index is 1610. The molecule has 0 radical (unpaired) electrons. The lowest BCUT2D eigenvalue weighted by Crippen LogP contribution is -2.32. The van der Waals surface area contributed by atoms with Crippen LogP contribution in [-0.4, -0.2) is 14.5 Å². The lowest BCUT2D eigenvalue weighted by molar-refractivity contribution is -0.662. The van der Waals surface area contributed by atoms with Crippen molar-refractivity contribution in [2.24, 2.45) is 7.05 Å². The topological polar surface area (TPSA) is 34.6 Å². The Hall–Kier alpha value is -3.53. The van der Waals surface area contributed by atoms with Gasteiger partial charge in [0.2, 0.25) is 0 Å². The first-order valence-corrected chi connectivity index (χ1v) is 10.1. The van der Waals surface area contributed by atoms with E-state index in [2.05, 4.69) is 29.2 Å². The third kappa shape index (κ3) is 2.25. The molecule has 3 aromatic carbocycles. The molecule has 0 atom stereocenters. The average Bonchev–Trinajstić information content (AvgIpc) is 3.28. The number of para-hydroxylation sites is 1. The van der Waals surface area contributed by atoms with Gasteiger partial charge >= 0.3 is 0 Å². The van der Waals surface area contributed by atoms with Gasteiger partial charge in [-0.3, -0.25) is 4.57 Å². The zero-order chi connectivity index (χ0) is 23.1. The summed E-state index contributed by atoms with van der Waals surface area (Å²) in [6, 6.07) is 16.3. The highest BCUT2D eigenvalue weighted by Gasteiger charge is 2.26. The molecule has 0 spiro atoms. The first-order valence-electron chi connectivity index (χ1n) is 11.6. The van der Waals surface area contributed by atoms with E-state index in [0.29, 0.717) is 23.0 Å². The van der Waals surface area contributed by atoms with Gasteiger partial charge in [0.05, 0.1) is 29.2 Å². The summed E-state index contributed by atoms with van der Waals surface area (Å²) in [7, 11) is 1.95. The Morgan fingerprint density at radius 3 is 2.77 bits per heavy atom. The van der Waals surface area contributed by atoms with Crippen molar-refractivity contribution in [2.75, 3.05) is 0 Å². The Morgan fingerprint density at radius 1 is 1.03 bits per heavy atom. The molecule has 5 aromatic rings. The van der Waals surface area contributed by atoms with E-state index in [1.807, 2.05) is 54.3 Å². The maximum Gasteiger partial charge on any atom is 0.287 e. The minimum atomic E-state index is -2.29. The van der Waals surface area contributed by atoms with Crippen LogP contribution in [0.3, 0.4) is 0 Å². The molecular formula is C26H23N4+. The highest BCUT2D eigenvalue weighted by Crippen LogP contribution is 2.38. The largest absolute Gasteiger partial charge is 0.295 e. The van der Waals surface area contributed by atoms with E-state index in [4.69, 9.17) is 9.10 Å². The lowest BCUT2D eigenvalue weighted by atomic mass is 9.96. The smallest absolute Gasteiger partial charge is 0.287 e. The fraction of sp³-hybridized carbons (Fsp3) is 0.192. The van der Waals surface area contributed by atoms with Gasteiger partial charge < -0.3 is 0 Å². The number of benzene rings is 3. The Morgan fingerprint density at radius 2 is 1.90 bits per heavy atom. The summed E-state index contributed by atoms with van der Waals surface area (Å²) >= 11 is 0. The number of aromatic nitrogens is 4. The Labute approximate surface area is 179 Å². The van der Waals surface area contributed by atoms with Gasteiger partial charge in [-0.1, -0.05) is 24.3 Å². The maximum absolute atomic E-state index is 8.46. The third-order valence-corrected chi connectivity index (χ3v) is 6.24. The van der Waals surface area contributed by atoms with Crippen LogP contribution < -0.4 is 4.57 Å². The van der Waals surface area contributed by atoms with Crippen LogP contribution >= 0.6 is 0 Å². The molecule has 30 heavy (non-hydrogen) atoms. The number of fused-ring (bicyclic) bond motifs is 6. The predicted molar refractivity (Wildman–Crippen MR) is 120 cm³/mol. The second kappa shape index (κ2) is 5.99. The van der Waals surface area contributed by atoms with Crippen molar-refractivity contribution in [1.82, 2.24) is 14.5 Å². The van der Waals surface area contributed by atoms with E-state index in [9.17, 15) is 0 Å². The van der Waals surface area contributed by atoms with Gasteiger partial charge in [0, 0.05) is 16.1 Å². The molecular weight excluding hydrogens is 368 g/mol. The molecule has 0 aliphatic carbocycles. The second-order valence-corrected chi connectivity index (χ2v) is 8.19. The van der Waals surface area contributed by atoms with E-state index in [-0.39, 0.29) is 0 Å². The van der Waals surface area contributed by atoms with Gasteiger partial charge in [-0.05, 0) is 72.2 Å². The first kappa shape index (κ1) is 14.5. The van der Waals surface area contributed by atoms with Crippen LogP contribution in [-0.2, 0) is 13.5 Å². The van der Waals surface area contributed by atoms with Crippen LogP contribution in [0.1, 0.15) is 32.2 Å². The summed E-state index contributed by atoms with van der Waals surface area (Å²) in [5, 5.41) is 0.988. The van der Waals surface area contributed by atoms with Crippen molar-refractivity contribution in [2.45, 2.75) is 27.1 Å². The van der Waals surface area contributed by atoms with Crippen molar-refractivity contribution in [1.29, 1.82) is 0 Å². The molecule has 1 aliphatic rings. The highest BCUT2D eigenvalue weighted by atomic mass is 15.1. The maximum atomic E-state index is 8.46. The van der Waals surface area contributed by atoms with Crippen molar-refractivity contribution >= 4 is 21.9 Å². The summed E-state index contributed by atoms with van der Waals surface area (Å²) in [6.45, 7) is 1.67. The highest BCUT2D eigenvalue weighted by molar-refractivity contribution is 5.96. The molecule has 0 amide bonds. The van der Waals surface area contributed by atoms with Crippen molar-refractivity contribution in [3.8, 4) is 16.9 Å². The van der Waals surface area contributed by atoms with Crippen molar-refractivity contribution < 1.29 is 8.68 Å². The Kier molecular flexibility index (Phi) is 2.88. The molecule has 0 saturated carbocycles. The molecule has 0 saturated heterocycles. The number of hydrogen-bond donors (Lipinski definition) is 0. The Balaban J connectivity index is 1.74. The minimum Gasteiger partial charge on any atom is -0.295 e. The SMILES string of the molecule is [2H]C([2H])([2H])c1c(C)c(-c2c3ccc(C)cc3nc[n+]2C)cc2nc3n(c12)-c1ccccc1C3. The predicted octanol–water partition coefficient (Wildman–Crippen LogP) is 4.89. The van der Waals surface area contributed by atoms with Gasteiger partial charge in [0.1, 0.15) is 11.5 Å².